The Kier molecular flexibility index (Phi) is 4.51. The molecular formula is C17H17N5O2. The van der Waals surface area contributed by atoms with Gasteiger partial charge in [-0.2, -0.15) is 0 Å². The Morgan fingerprint density at radius 2 is 2.00 bits per heavy atom. The average Bonchev–Trinajstić information content (AvgIpc) is 3.03. The number of tetrazole rings is 1. The number of carbonyl (C=O) groups excluding carboxylic acids is 1. The maximum Gasteiger partial charge on any atom is 0.255 e. The largest absolute Gasteiger partial charge is 0.494 e. The van der Waals surface area contributed by atoms with E-state index in [0.717, 1.165) is 11.3 Å². The highest BCUT2D eigenvalue weighted by Gasteiger charge is 2.11. The maximum absolute atomic E-state index is 12.4. The molecule has 7 heteroatoms. The molecule has 1 heterocycles. The second-order valence-electron chi connectivity index (χ2n) is 5.12. The SMILES string of the molecule is CCOc1ccc(NC(=O)c2cccc(-c3nnnn3C)c2)cc1. The summed E-state index contributed by atoms with van der Waals surface area (Å²) in [4.78, 5) is 12.4. The van der Waals surface area contributed by atoms with Crippen molar-refractivity contribution in [3.05, 3.63) is 54.1 Å². The van der Waals surface area contributed by atoms with Gasteiger partial charge in [-0.1, -0.05) is 12.1 Å². The Balaban J connectivity index is 1.77. The van der Waals surface area contributed by atoms with Crippen molar-refractivity contribution in [1.29, 1.82) is 0 Å². The van der Waals surface area contributed by atoms with Crippen molar-refractivity contribution in [2.75, 3.05) is 11.9 Å². The minimum absolute atomic E-state index is 0.198. The molecule has 0 fully saturated rings. The molecule has 0 atom stereocenters. The van der Waals surface area contributed by atoms with E-state index in [4.69, 9.17) is 4.74 Å². The van der Waals surface area contributed by atoms with Gasteiger partial charge in [-0.15, -0.1) is 5.10 Å². The fraction of sp³-hybridized carbons (Fsp3) is 0.176. The minimum Gasteiger partial charge on any atom is -0.494 e. The summed E-state index contributed by atoms with van der Waals surface area (Å²) in [6.07, 6.45) is 0. The standard InChI is InChI=1S/C17H17N5O2/c1-3-24-15-9-7-14(8-10-15)18-17(23)13-6-4-5-12(11-13)16-19-20-21-22(16)2/h4-11H,3H2,1-2H3,(H,18,23). The quantitative estimate of drug-likeness (QED) is 0.780. The van der Waals surface area contributed by atoms with Crippen LogP contribution in [0.1, 0.15) is 17.3 Å². The van der Waals surface area contributed by atoms with Crippen LogP contribution in [0.5, 0.6) is 5.75 Å². The molecule has 0 aliphatic heterocycles. The fourth-order valence-corrected chi connectivity index (χ4v) is 2.28. The molecule has 1 amide bonds. The monoisotopic (exact) mass is 323 g/mol. The number of hydrogen-bond acceptors (Lipinski definition) is 5. The van der Waals surface area contributed by atoms with Crippen LogP contribution >= 0.6 is 0 Å². The Morgan fingerprint density at radius 1 is 1.21 bits per heavy atom. The third-order valence-corrected chi connectivity index (χ3v) is 3.43. The lowest BCUT2D eigenvalue weighted by Crippen LogP contribution is -2.12. The molecule has 0 radical (unpaired) electrons. The van der Waals surface area contributed by atoms with E-state index in [1.165, 1.54) is 0 Å². The van der Waals surface area contributed by atoms with E-state index in [-0.39, 0.29) is 5.91 Å². The molecule has 2 aromatic carbocycles. The van der Waals surface area contributed by atoms with Crippen LogP contribution in [-0.4, -0.2) is 32.7 Å². The number of anilines is 1. The second-order valence-corrected chi connectivity index (χ2v) is 5.12. The first-order chi connectivity index (χ1) is 11.7. The van der Waals surface area contributed by atoms with Gasteiger partial charge < -0.3 is 10.1 Å². The Bertz CT molecular complexity index is 842. The number of ether oxygens (including phenoxy) is 1. The van der Waals surface area contributed by atoms with Gasteiger partial charge in [-0.3, -0.25) is 4.79 Å². The third-order valence-electron chi connectivity index (χ3n) is 3.43. The van der Waals surface area contributed by atoms with Crippen molar-refractivity contribution >= 4 is 11.6 Å². The van der Waals surface area contributed by atoms with Crippen molar-refractivity contribution in [3.8, 4) is 17.1 Å². The molecule has 0 aliphatic rings. The Hall–Kier alpha value is -3.22. The van der Waals surface area contributed by atoms with Crippen LogP contribution in [-0.2, 0) is 7.05 Å². The predicted molar refractivity (Wildman–Crippen MR) is 89.8 cm³/mol. The van der Waals surface area contributed by atoms with Gasteiger partial charge in [0, 0.05) is 23.9 Å². The third kappa shape index (κ3) is 3.40. The number of aryl methyl sites for hydroxylation is 1. The zero-order valence-electron chi connectivity index (χ0n) is 13.4. The number of nitrogens with zero attached hydrogens (tertiary/aromatic N) is 4. The van der Waals surface area contributed by atoms with Gasteiger partial charge in [0.15, 0.2) is 5.82 Å². The van der Waals surface area contributed by atoms with Crippen LogP contribution in [0.25, 0.3) is 11.4 Å². The minimum atomic E-state index is -0.198. The van der Waals surface area contributed by atoms with Gasteiger partial charge in [-0.25, -0.2) is 4.68 Å². The molecule has 0 saturated heterocycles. The Labute approximate surface area is 139 Å². The summed E-state index contributed by atoms with van der Waals surface area (Å²) in [5, 5.41) is 14.2. The predicted octanol–water partition coefficient (Wildman–Crippen LogP) is 2.53. The second kappa shape index (κ2) is 6.91. The molecule has 1 N–H and O–H groups in total. The van der Waals surface area contributed by atoms with Crippen LogP contribution < -0.4 is 10.1 Å². The van der Waals surface area contributed by atoms with Gasteiger partial charge in [0.05, 0.1) is 6.61 Å². The topological polar surface area (TPSA) is 81.9 Å². The van der Waals surface area contributed by atoms with Crippen LogP contribution in [0.2, 0.25) is 0 Å². The van der Waals surface area contributed by atoms with Gasteiger partial charge in [0.2, 0.25) is 0 Å². The number of benzene rings is 2. The van der Waals surface area contributed by atoms with Crippen molar-refractivity contribution < 1.29 is 9.53 Å². The Morgan fingerprint density at radius 3 is 2.67 bits per heavy atom. The van der Waals surface area contributed by atoms with E-state index in [1.807, 2.05) is 25.1 Å². The number of amides is 1. The van der Waals surface area contributed by atoms with Crippen molar-refractivity contribution in [1.82, 2.24) is 20.2 Å². The summed E-state index contributed by atoms with van der Waals surface area (Å²) < 4.78 is 6.94. The van der Waals surface area contributed by atoms with E-state index in [2.05, 4.69) is 20.8 Å². The van der Waals surface area contributed by atoms with Gasteiger partial charge >= 0.3 is 0 Å². The van der Waals surface area contributed by atoms with Gasteiger partial charge in [-0.05, 0) is 53.7 Å². The molecule has 0 aliphatic carbocycles. The highest BCUT2D eigenvalue weighted by atomic mass is 16.5. The van der Waals surface area contributed by atoms with E-state index >= 15 is 0 Å². The van der Waals surface area contributed by atoms with Gasteiger partial charge in [0.25, 0.3) is 5.91 Å². The normalized spacial score (nSPS) is 10.4. The first-order valence-corrected chi connectivity index (χ1v) is 7.54. The molecule has 7 nitrogen and oxygen atoms in total. The summed E-state index contributed by atoms with van der Waals surface area (Å²) in [6.45, 7) is 2.53. The summed E-state index contributed by atoms with van der Waals surface area (Å²) in [6, 6.07) is 14.4. The van der Waals surface area contributed by atoms with Crippen LogP contribution in [0.3, 0.4) is 0 Å². The molecular weight excluding hydrogens is 306 g/mol. The van der Waals surface area contributed by atoms with E-state index in [9.17, 15) is 4.79 Å². The summed E-state index contributed by atoms with van der Waals surface area (Å²) >= 11 is 0. The zero-order chi connectivity index (χ0) is 16.9. The van der Waals surface area contributed by atoms with E-state index < -0.39 is 0 Å². The molecule has 122 valence electrons. The van der Waals surface area contributed by atoms with E-state index in [1.54, 1.807) is 42.1 Å². The lowest BCUT2D eigenvalue weighted by Gasteiger charge is -2.08. The molecule has 3 rings (SSSR count). The first-order valence-electron chi connectivity index (χ1n) is 7.54. The highest BCUT2D eigenvalue weighted by Crippen LogP contribution is 2.19. The number of rotatable bonds is 5. The lowest BCUT2D eigenvalue weighted by atomic mass is 10.1. The summed E-state index contributed by atoms with van der Waals surface area (Å²) in [5.74, 6) is 1.18. The van der Waals surface area contributed by atoms with Crippen LogP contribution in [0.15, 0.2) is 48.5 Å². The molecule has 24 heavy (non-hydrogen) atoms. The maximum atomic E-state index is 12.4. The smallest absolute Gasteiger partial charge is 0.255 e. The van der Waals surface area contributed by atoms with Crippen LogP contribution in [0, 0.1) is 0 Å². The molecule has 1 aromatic heterocycles. The highest BCUT2D eigenvalue weighted by molar-refractivity contribution is 6.04. The number of hydrogen-bond donors (Lipinski definition) is 1. The first kappa shape index (κ1) is 15.7. The number of aromatic nitrogens is 4. The average molecular weight is 323 g/mol. The van der Waals surface area contributed by atoms with Gasteiger partial charge in [0.1, 0.15) is 5.75 Å². The summed E-state index contributed by atoms with van der Waals surface area (Å²) in [5.41, 5.74) is 2.01. The zero-order valence-corrected chi connectivity index (χ0v) is 13.4. The van der Waals surface area contributed by atoms with Crippen molar-refractivity contribution in [2.24, 2.45) is 7.05 Å². The molecule has 0 bridgehead atoms. The lowest BCUT2D eigenvalue weighted by molar-refractivity contribution is 0.102. The molecule has 0 unspecified atom stereocenters. The summed E-state index contributed by atoms with van der Waals surface area (Å²) in [7, 11) is 1.75. The van der Waals surface area contributed by atoms with Crippen molar-refractivity contribution in [3.63, 3.8) is 0 Å². The fourth-order valence-electron chi connectivity index (χ4n) is 2.28. The van der Waals surface area contributed by atoms with E-state index in [0.29, 0.717) is 23.7 Å². The number of nitrogens with one attached hydrogen (secondary N) is 1. The number of carbonyl (C=O) groups is 1. The van der Waals surface area contributed by atoms with Crippen LogP contribution in [0.4, 0.5) is 5.69 Å². The molecule has 0 saturated carbocycles. The molecule has 0 spiro atoms. The molecule has 3 aromatic rings. The van der Waals surface area contributed by atoms with Crippen molar-refractivity contribution in [2.45, 2.75) is 6.92 Å².